The van der Waals surface area contributed by atoms with Crippen LogP contribution in [0.4, 0.5) is 11.4 Å². The zero-order chi connectivity index (χ0) is 20.3. The fraction of sp³-hybridized carbons (Fsp3) is 0.318. The second kappa shape index (κ2) is 7.84. The Labute approximate surface area is 164 Å². The van der Waals surface area contributed by atoms with Crippen LogP contribution in [0.2, 0.25) is 0 Å². The van der Waals surface area contributed by atoms with Crippen molar-refractivity contribution in [2.75, 3.05) is 16.8 Å². The van der Waals surface area contributed by atoms with Crippen molar-refractivity contribution in [3.05, 3.63) is 60.2 Å². The number of ether oxygens (including phenoxy) is 1. The molecule has 0 bridgehead atoms. The Morgan fingerprint density at radius 1 is 1.07 bits per heavy atom. The highest BCUT2D eigenvalue weighted by atomic mass is 16.5. The lowest BCUT2D eigenvalue weighted by atomic mass is 9.96. The molecule has 1 aliphatic heterocycles. The van der Waals surface area contributed by atoms with Crippen LogP contribution in [-0.2, 0) is 19.1 Å². The average Bonchev–Trinajstić information content (AvgIpc) is 2.68. The minimum atomic E-state index is -1.10. The van der Waals surface area contributed by atoms with Gasteiger partial charge in [-0.25, -0.2) is 0 Å². The Bertz CT molecular complexity index is 892. The SMILES string of the molecule is CC[C@@H](C(=O)OCC(=O)N1c2ccccc2NC(=O)C1(C)C)c1ccccc1. The topological polar surface area (TPSA) is 75.7 Å². The number of hydrogen-bond acceptors (Lipinski definition) is 4. The van der Waals surface area contributed by atoms with Gasteiger partial charge in [0.05, 0.1) is 17.3 Å². The van der Waals surface area contributed by atoms with Crippen LogP contribution in [-0.4, -0.2) is 29.9 Å². The van der Waals surface area contributed by atoms with Crippen molar-refractivity contribution in [2.24, 2.45) is 0 Å². The first kappa shape index (κ1) is 19.6. The summed E-state index contributed by atoms with van der Waals surface area (Å²) in [5.74, 6) is -1.61. The van der Waals surface area contributed by atoms with Gasteiger partial charge in [-0.1, -0.05) is 49.4 Å². The van der Waals surface area contributed by atoms with Crippen molar-refractivity contribution in [1.82, 2.24) is 0 Å². The summed E-state index contributed by atoms with van der Waals surface area (Å²) in [5.41, 5.74) is 0.900. The number of fused-ring (bicyclic) bond motifs is 1. The first-order valence-corrected chi connectivity index (χ1v) is 9.31. The number of nitrogens with one attached hydrogen (secondary N) is 1. The molecule has 0 saturated carbocycles. The zero-order valence-electron chi connectivity index (χ0n) is 16.3. The second-order valence-corrected chi connectivity index (χ2v) is 7.24. The molecule has 0 fully saturated rings. The van der Waals surface area contributed by atoms with Crippen LogP contribution in [0.25, 0.3) is 0 Å². The number of anilines is 2. The second-order valence-electron chi connectivity index (χ2n) is 7.24. The molecule has 2 aromatic rings. The van der Waals surface area contributed by atoms with Crippen LogP contribution >= 0.6 is 0 Å². The number of amides is 2. The van der Waals surface area contributed by atoms with E-state index in [0.717, 1.165) is 5.56 Å². The summed E-state index contributed by atoms with van der Waals surface area (Å²) < 4.78 is 5.35. The van der Waals surface area contributed by atoms with Gasteiger partial charge in [0.15, 0.2) is 6.61 Å². The molecule has 1 atom stereocenters. The molecule has 3 rings (SSSR count). The van der Waals surface area contributed by atoms with Gasteiger partial charge in [-0.3, -0.25) is 19.3 Å². The Morgan fingerprint density at radius 3 is 2.39 bits per heavy atom. The lowest BCUT2D eigenvalue weighted by Crippen LogP contribution is -2.59. The summed E-state index contributed by atoms with van der Waals surface area (Å²) in [6.07, 6.45) is 0.567. The molecule has 1 aliphatic rings. The molecular formula is C22H24N2O4. The summed E-state index contributed by atoms with van der Waals surface area (Å²) in [7, 11) is 0. The van der Waals surface area contributed by atoms with E-state index in [1.54, 1.807) is 38.1 Å². The molecule has 146 valence electrons. The van der Waals surface area contributed by atoms with Gasteiger partial charge in [0.1, 0.15) is 5.54 Å². The monoisotopic (exact) mass is 380 g/mol. The third kappa shape index (κ3) is 3.63. The number of rotatable bonds is 5. The lowest BCUT2D eigenvalue weighted by molar-refractivity contribution is -0.149. The van der Waals surface area contributed by atoms with Crippen molar-refractivity contribution in [1.29, 1.82) is 0 Å². The normalized spacial score (nSPS) is 16.0. The number of hydrogen-bond donors (Lipinski definition) is 1. The Kier molecular flexibility index (Phi) is 5.49. The van der Waals surface area contributed by atoms with E-state index in [-0.39, 0.29) is 5.91 Å². The molecule has 1 N–H and O–H groups in total. The first-order valence-electron chi connectivity index (χ1n) is 9.31. The molecule has 28 heavy (non-hydrogen) atoms. The van der Waals surface area contributed by atoms with E-state index in [4.69, 9.17) is 4.74 Å². The average molecular weight is 380 g/mol. The lowest BCUT2D eigenvalue weighted by Gasteiger charge is -2.41. The molecule has 1 heterocycles. The molecule has 6 nitrogen and oxygen atoms in total. The van der Waals surface area contributed by atoms with E-state index >= 15 is 0 Å². The molecule has 0 unspecified atom stereocenters. The molecule has 0 spiro atoms. The smallest absolute Gasteiger partial charge is 0.313 e. The maximum atomic E-state index is 12.9. The molecule has 0 radical (unpaired) electrons. The summed E-state index contributed by atoms with van der Waals surface area (Å²) in [6.45, 7) is 4.80. The zero-order valence-corrected chi connectivity index (χ0v) is 16.3. The van der Waals surface area contributed by atoms with Crippen LogP contribution in [0.1, 0.15) is 38.7 Å². The molecule has 2 aromatic carbocycles. The Balaban J connectivity index is 1.77. The van der Waals surface area contributed by atoms with Crippen molar-refractivity contribution in [3.8, 4) is 0 Å². The minimum Gasteiger partial charge on any atom is -0.455 e. The van der Waals surface area contributed by atoms with Gasteiger partial charge in [0.2, 0.25) is 5.91 Å². The number of nitrogens with zero attached hydrogens (tertiary/aromatic N) is 1. The largest absolute Gasteiger partial charge is 0.455 e. The number of carbonyl (C=O) groups is 3. The van der Waals surface area contributed by atoms with E-state index in [1.807, 2.05) is 37.3 Å². The van der Waals surface area contributed by atoms with E-state index in [0.29, 0.717) is 17.8 Å². The molecule has 0 aromatic heterocycles. The van der Waals surface area contributed by atoms with Gasteiger partial charge >= 0.3 is 5.97 Å². The Morgan fingerprint density at radius 2 is 1.71 bits per heavy atom. The van der Waals surface area contributed by atoms with Crippen LogP contribution in [0.3, 0.4) is 0 Å². The maximum absolute atomic E-state index is 12.9. The number of esters is 1. The predicted octanol–water partition coefficient (Wildman–Crippen LogP) is 3.49. The van der Waals surface area contributed by atoms with Gasteiger partial charge in [0, 0.05) is 0 Å². The highest BCUT2D eigenvalue weighted by Gasteiger charge is 2.43. The van der Waals surface area contributed by atoms with Crippen molar-refractivity contribution in [2.45, 2.75) is 38.6 Å². The molecule has 0 aliphatic carbocycles. The fourth-order valence-electron chi connectivity index (χ4n) is 3.42. The van der Waals surface area contributed by atoms with E-state index < -0.39 is 29.9 Å². The minimum absolute atomic E-state index is 0.290. The quantitative estimate of drug-likeness (QED) is 0.806. The van der Waals surface area contributed by atoms with Crippen molar-refractivity contribution < 1.29 is 19.1 Å². The van der Waals surface area contributed by atoms with Gasteiger partial charge in [0.25, 0.3) is 5.91 Å². The third-order valence-corrected chi connectivity index (χ3v) is 4.99. The Hall–Kier alpha value is -3.15. The van der Waals surface area contributed by atoms with Crippen LogP contribution in [0.15, 0.2) is 54.6 Å². The summed E-state index contributed by atoms with van der Waals surface area (Å²) in [5, 5.41) is 2.81. The highest BCUT2D eigenvalue weighted by molar-refractivity contribution is 6.14. The summed E-state index contributed by atoms with van der Waals surface area (Å²) in [4.78, 5) is 39.4. The van der Waals surface area contributed by atoms with E-state index in [9.17, 15) is 14.4 Å². The maximum Gasteiger partial charge on any atom is 0.313 e. The van der Waals surface area contributed by atoms with E-state index in [2.05, 4.69) is 5.32 Å². The number of para-hydroxylation sites is 2. The first-order chi connectivity index (χ1) is 13.4. The predicted molar refractivity (Wildman–Crippen MR) is 107 cm³/mol. The summed E-state index contributed by atoms with van der Waals surface area (Å²) in [6, 6.07) is 16.4. The van der Waals surface area contributed by atoms with Crippen LogP contribution in [0.5, 0.6) is 0 Å². The molecule has 0 saturated heterocycles. The number of benzene rings is 2. The fourth-order valence-corrected chi connectivity index (χ4v) is 3.42. The van der Waals surface area contributed by atoms with Crippen LogP contribution < -0.4 is 10.2 Å². The van der Waals surface area contributed by atoms with Gasteiger partial charge in [-0.05, 0) is 38.0 Å². The van der Waals surface area contributed by atoms with Gasteiger partial charge < -0.3 is 10.1 Å². The highest BCUT2D eigenvalue weighted by Crippen LogP contribution is 2.36. The summed E-state index contributed by atoms with van der Waals surface area (Å²) >= 11 is 0. The molecule has 2 amide bonds. The van der Waals surface area contributed by atoms with Crippen molar-refractivity contribution >= 4 is 29.2 Å². The number of carbonyl (C=O) groups excluding carboxylic acids is 3. The van der Waals surface area contributed by atoms with Gasteiger partial charge in [-0.2, -0.15) is 0 Å². The van der Waals surface area contributed by atoms with Crippen molar-refractivity contribution in [3.63, 3.8) is 0 Å². The van der Waals surface area contributed by atoms with E-state index in [1.165, 1.54) is 4.90 Å². The third-order valence-electron chi connectivity index (χ3n) is 4.99. The molecule has 6 heteroatoms. The van der Waals surface area contributed by atoms with Gasteiger partial charge in [-0.15, -0.1) is 0 Å². The molecular weight excluding hydrogens is 356 g/mol. The van der Waals surface area contributed by atoms with Crippen LogP contribution in [0, 0.1) is 0 Å². The standard InChI is InChI=1S/C22H24N2O4/c1-4-16(15-10-6-5-7-11-15)20(26)28-14-19(25)24-18-13-9-8-12-17(18)23-21(27)22(24,2)3/h5-13,16H,4,14H2,1-3H3,(H,23,27)/t16-/m1/s1.